The fourth-order valence-corrected chi connectivity index (χ4v) is 6.04. The maximum absolute atomic E-state index is 13.6. The standard InChI is InChI=1S/C29H35F6N2O/c1-27(25-11-6-7-12-26(25)38-2,37-14-8-13-36(15-16-37)24-9-4-3-5-10-24)20-21-17-22(28(30,31)32)19-23(18-21)29(33,34)35/h6-7,11-12,17-19,24H,1,3-5,8-10,13-16,20H2,2H3. The molecule has 1 saturated heterocycles. The summed E-state index contributed by atoms with van der Waals surface area (Å²) in [4.78, 5) is 4.61. The van der Waals surface area contributed by atoms with E-state index in [1.165, 1.54) is 26.4 Å². The van der Waals surface area contributed by atoms with E-state index in [1.807, 2.05) is 0 Å². The van der Waals surface area contributed by atoms with Crippen molar-refractivity contribution in [2.45, 2.75) is 68.9 Å². The van der Waals surface area contributed by atoms with E-state index in [4.69, 9.17) is 4.74 Å². The minimum absolute atomic E-state index is 0.0681. The van der Waals surface area contributed by atoms with E-state index >= 15 is 0 Å². The van der Waals surface area contributed by atoms with Crippen LogP contribution in [0.25, 0.3) is 0 Å². The largest absolute Gasteiger partial charge is 0.496 e. The van der Waals surface area contributed by atoms with Crippen molar-refractivity contribution in [2.24, 2.45) is 0 Å². The van der Waals surface area contributed by atoms with Crippen LogP contribution in [0.4, 0.5) is 26.3 Å². The maximum atomic E-state index is 13.6. The average molecular weight is 542 g/mol. The molecule has 1 aliphatic heterocycles. The number of halogens is 6. The van der Waals surface area contributed by atoms with Crippen molar-refractivity contribution >= 4 is 0 Å². The molecule has 1 saturated carbocycles. The second kappa shape index (κ2) is 11.5. The van der Waals surface area contributed by atoms with Gasteiger partial charge in [-0.1, -0.05) is 37.5 Å². The van der Waals surface area contributed by atoms with Gasteiger partial charge >= 0.3 is 12.4 Å². The second-order valence-corrected chi connectivity index (χ2v) is 10.5. The molecule has 2 aromatic carbocycles. The molecule has 0 aromatic heterocycles. The van der Waals surface area contributed by atoms with Crippen molar-refractivity contribution < 1.29 is 31.1 Å². The molecule has 1 radical (unpaired) electrons. The molecule has 38 heavy (non-hydrogen) atoms. The first kappa shape index (κ1) is 28.7. The molecule has 0 amide bonds. The predicted octanol–water partition coefficient (Wildman–Crippen LogP) is 7.35. The molecule has 4 rings (SSSR count). The van der Waals surface area contributed by atoms with Gasteiger partial charge in [-0.25, -0.2) is 0 Å². The van der Waals surface area contributed by atoms with Crippen molar-refractivity contribution in [1.29, 1.82) is 0 Å². The van der Waals surface area contributed by atoms with E-state index in [9.17, 15) is 26.3 Å². The SMILES string of the molecule is [CH2]C(Cc1cc(C(F)(F)F)cc(C(F)(F)F)c1)(c1ccccc1OC)N1CCCN(C2CCCCC2)CC1. The van der Waals surface area contributed by atoms with E-state index in [0.29, 0.717) is 30.4 Å². The smallest absolute Gasteiger partial charge is 0.416 e. The fourth-order valence-electron chi connectivity index (χ4n) is 6.04. The van der Waals surface area contributed by atoms with Gasteiger partial charge < -0.3 is 4.74 Å². The maximum Gasteiger partial charge on any atom is 0.416 e. The molecular weight excluding hydrogens is 506 g/mol. The highest BCUT2D eigenvalue weighted by Crippen LogP contribution is 2.41. The third-order valence-electron chi connectivity index (χ3n) is 7.98. The van der Waals surface area contributed by atoms with Crippen LogP contribution in [0.2, 0.25) is 0 Å². The average Bonchev–Trinajstić information content (AvgIpc) is 3.15. The Kier molecular flexibility index (Phi) is 8.67. The van der Waals surface area contributed by atoms with Gasteiger partial charge in [0.25, 0.3) is 0 Å². The van der Waals surface area contributed by atoms with Gasteiger partial charge in [0.15, 0.2) is 0 Å². The molecule has 2 aromatic rings. The molecule has 2 fully saturated rings. The Labute approximate surface area is 220 Å². The highest BCUT2D eigenvalue weighted by molar-refractivity contribution is 5.43. The van der Waals surface area contributed by atoms with Gasteiger partial charge in [0.2, 0.25) is 0 Å². The molecule has 1 unspecified atom stereocenters. The number of rotatable bonds is 6. The van der Waals surface area contributed by atoms with Crippen LogP contribution in [0.3, 0.4) is 0 Å². The third kappa shape index (κ3) is 6.47. The minimum atomic E-state index is -4.91. The summed E-state index contributed by atoms with van der Waals surface area (Å²) in [5.41, 5.74) is -3.20. The number of methoxy groups -OCH3 is 1. The number of benzene rings is 2. The van der Waals surface area contributed by atoms with Crippen molar-refractivity contribution in [2.75, 3.05) is 33.3 Å². The quantitative estimate of drug-likeness (QED) is 0.356. The normalized spacial score (nSPS) is 20.6. The van der Waals surface area contributed by atoms with Gasteiger partial charge in [-0.05, 0) is 69.0 Å². The minimum Gasteiger partial charge on any atom is -0.496 e. The molecule has 0 bridgehead atoms. The third-order valence-corrected chi connectivity index (χ3v) is 7.98. The lowest BCUT2D eigenvalue weighted by atomic mass is 9.82. The van der Waals surface area contributed by atoms with E-state index in [-0.39, 0.29) is 18.1 Å². The molecule has 2 aliphatic rings. The van der Waals surface area contributed by atoms with Gasteiger partial charge in [-0.3, -0.25) is 9.80 Å². The lowest BCUT2D eigenvalue weighted by Gasteiger charge is -2.42. The summed E-state index contributed by atoms with van der Waals surface area (Å²) < 4.78 is 87.3. The van der Waals surface area contributed by atoms with Gasteiger partial charge in [-0.15, -0.1) is 0 Å². The van der Waals surface area contributed by atoms with Crippen LogP contribution in [-0.2, 0) is 24.3 Å². The zero-order valence-electron chi connectivity index (χ0n) is 21.7. The van der Waals surface area contributed by atoms with Crippen molar-refractivity contribution in [3.63, 3.8) is 0 Å². The Morgan fingerprint density at radius 1 is 0.816 bits per heavy atom. The Hall–Kier alpha value is -2.26. The summed E-state index contributed by atoms with van der Waals surface area (Å²) in [5.74, 6) is 0.499. The van der Waals surface area contributed by atoms with E-state index in [2.05, 4.69) is 16.7 Å². The fraction of sp³-hybridized carbons (Fsp3) is 0.552. The monoisotopic (exact) mass is 541 g/mol. The second-order valence-electron chi connectivity index (χ2n) is 10.5. The Balaban J connectivity index is 1.73. The van der Waals surface area contributed by atoms with Gasteiger partial charge in [0.05, 0.1) is 23.8 Å². The first-order valence-corrected chi connectivity index (χ1v) is 13.2. The number of alkyl halides is 6. The van der Waals surface area contributed by atoms with Gasteiger partial charge in [-0.2, -0.15) is 26.3 Å². The molecule has 3 nitrogen and oxygen atoms in total. The van der Waals surface area contributed by atoms with E-state index < -0.39 is 29.0 Å². The van der Waals surface area contributed by atoms with Crippen LogP contribution in [-0.4, -0.2) is 49.1 Å². The topological polar surface area (TPSA) is 15.7 Å². The van der Waals surface area contributed by atoms with Crippen LogP contribution < -0.4 is 4.74 Å². The summed E-state index contributed by atoms with van der Waals surface area (Å²) in [6, 6.07) is 9.44. The summed E-state index contributed by atoms with van der Waals surface area (Å²) in [6.07, 6.45) is -3.13. The van der Waals surface area contributed by atoms with Crippen molar-refractivity contribution in [1.82, 2.24) is 9.80 Å². The van der Waals surface area contributed by atoms with Crippen LogP contribution in [0, 0.1) is 6.92 Å². The highest BCUT2D eigenvalue weighted by Gasteiger charge is 2.41. The Bertz CT molecular complexity index is 1050. The van der Waals surface area contributed by atoms with Crippen molar-refractivity contribution in [3.8, 4) is 5.75 Å². The van der Waals surface area contributed by atoms with E-state index in [1.54, 1.807) is 24.3 Å². The summed E-state index contributed by atoms with van der Waals surface area (Å²) in [6.45, 7) is 7.40. The molecule has 9 heteroatoms. The van der Waals surface area contributed by atoms with E-state index in [0.717, 1.165) is 44.5 Å². The Morgan fingerprint density at radius 2 is 1.45 bits per heavy atom. The molecule has 0 N–H and O–H groups in total. The molecule has 209 valence electrons. The van der Waals surface area contributed by atoms with Crippen LogP contribution in [0.1, 0.15) is 60.8 Å². The van der Waals surface area contributed by atoms with Gasteiger partial charge in [0.1, 0.15) is 5.75 Å². The van der Waals surface area contributed by atoms with Crippen LogP contribution >= 0.6 is 0 Å². The summed E-state index contributed by atoms with van der Waals surface area (Å²) >= 11 is 0. The number of hydrogen-bond donors (Lipinski definition) is 0. The highest BCUT2D eigenvalue weighted by atomic mass is 19.4. The summed E-state index contributed by atoms with van der Waals surface area (Å²) in [5, 5.41) is 0. The lowest BCUT2D eigenvalue weighted by Crippen LogP contribution is -2.48. The van der Waals surface area contributed by atoms with Gasteiger partial charge in [0, 0.05) is 31.2 Å². The van der Waals surface area contributed by atoms with Crippen molar-refractivity contribution in [3.05, 3.63) is 71.6 Å². The molecule has 1 aliphatic carbocycles. The number of nitrogens with zero attached hydrogens (tertiary/aromatic N) is 2. The first-order chi connectivity index (χ1) is 17.9. The molecule has 0 spiro atoms. The molecule has 1 atom stereocenters. The predicted molar refractivity (Wildman–Crippen MR) is 135 cm³/mol. The molecule has 1 heterocycles. The number of para-hydroxylation sites is 1. The lowest BCUT2D eigenvalue weighted by molar-refractivity contribution is -0.143. The summed E-state index contributed by atoms with van der Waals surface area (Å²) in [7, 11) is 1.50. The zero-order chi connectivity index (χ0) is 27.6. The van der Waals surface area contributed by atoms with Crippen LogP contribution in [0.5, 0.6) is 5.75 Å². The Morgan fingerprint density at radius 3 is 2.05 bits per heavy atom. The number of ether oxygens (including phenoxy) is 1. The molecular formula is C29H35F6N2O. The number of hydrogen-bond acceptors (Lipinski definition) is 3. The van der Waals surface area contributed by atoms with Crippen LogP contribution in [0.15, 0.2) is 42.5 Å². The first-order valence-electron chi connectivity index (χ1n) is 13.2. The zero-order valence-corrected chi connectivity index (χ0v) is 21.7.